The molecule has 1 fully saturated rings. The number of hydrogen-bond acceptors (Lipinski definition) is 3. The number of quaternary nitrogens is 1. The molecule has 108 valence electrons. The number of anilines is 1. The first-order chi connectivity index (χ1) is 10.4. The molecule has 1 aliphatic heterocycles. The molecule has 1 aliphatic rings. The Balaban J connectivity index is 1.49. The van der Waals surface area contributed by atoms with Gasteiger partial charge < -0.3 is 4.90 Å². The Morgan fingerprint density at radius 2 is 1.76 bits per heavy atom. The van der Waals surface area contributed by atoms with Crippen molar-refractivity contribution in [2.24, 2.45) is 5.10 Å². The highest BCUT2D eigenvalue weighted by Gasteiger charge is 2.18. The van der Waals surface area contributed by atoms with Crippen LogP contribution < -0.4 is 10.3 Å². The maximum atomic E-state index is 4.49. The van der Waals surface area contributed by atoms with Crippen LogP contribution in [0.5, 0.6) is 0 Å². The number of nitrogens with zero attached hydrogens (tertiary/aromatic N) is 2. The Bertz CT molecular complexity index is 570. The van der Waals surface area contributed by atoms with Gasteiger partial charge in [-0.05, 0) is 12.1 Å². The van der Waals surface area contributed by atoms with Gasteiger partial charge in [0, 0.05) is 30.3 Å². The van der Waals surface area contributed by atoms with Gasteiger partial charge in [-0.25, -0.2) is 4.98 Å². The van der Waals surface area contributed by atoms with Gasteiger partial charge in [0.1, 0.15) is 12.4 Å². The lowest BCUT2D eigenvalue weighted by Gasteiger charge is -2.24. The predicted molar refractivity (Wildman–Crippen MR) is 85.4 cm³/mol. The van der Waals surface area contributed by atoms with Crippen molar-refractivity contribution in [2.45, 2.75) is 19.4 Å². The molecule has 0 unspecified atom stereocenters. The van der Waals surface area contributed by atoms with E-state index in [-0.39, 0.29) is 0 Å². The fraction of sp³-hybridized carbons (Fsp3) is 0.294. The Morgan fingerprint density at radius 3 is 2.48 bits per heavy atom. The van der Waals surface area contributed by atoms with Crippen LogP contribution in [-0.4, -0.2) is 23.8 Å². The molecule has 21 heavy (non-hydrogen) atoms. The lowest BCUT2D eigenvalue weighted by Crippen LogP contribution is -3.11. The largest absolute Gasteiger partial charge is 0.331 e. The van der Waals surface area contributed by atoms with Crippen LogP contribution in [0.15, 0.2) is 59.8 Å². The van der Waals surface area contributed by atoms with Gasteiger partial charge in [-0.15, -0.1) is 0 Å². The zero-order valence-electron chi connectivity index (χ0n) is 12.1. The van der Waals surface area contributed by atoms with Crippen LogP contribution in [0.25, 0.3) is 0 Å². The molecule has 2 N–H and O–H groups in total. The number of likely N-dealkylation sites (tertiary alicyclic amines) is 1. The van der Waals surface area contributed by atoms with Crippen molar-refractivity contribution in [3.63, 3.8) is 0 Å². The van der Waals surface area contributed by atoms with Gasteiger partial charge in [0.2, 0.25) is 0 Å². The summed E-state index contributed by atoms with van der Waals surface area (Å²) in [6, 6.07) is 16.5. The fourth-order valence-corrected chi connectivity index (χ4v) is 2.63. The van der Waals surface area contributed by atoms with Gasteiger partial charge in [0.15, 0.2) is 0 Å². The molecule has 0 atom stereocenters. The van der Waals surface area contributed by atoms with E-state index in [1.807, 2.05) is 18.2 Å². The smallest absolute Gasteiger partial charge is 0.146 e. The van der Waals surface area contributed by atoms with Crippen LogP contribution >= 0.6 is 0 Å². The summed E-state index contributed by atoms with van der Waals surface area (Å²) in [4.78, 5) is 5.85. The third kappa shape index (κ3) is 4.13. The number of aromatic nitrogens is 1. The summed E-state index contributed by atoms with van der Waals surface area (Å²) in [6.45, 7) is 3.41. The van der Waals surface area contributed by atoms with Crippen LogP contribution in [0.1, 0.15) is 18.4 Å². The number of piperidine rings is 1. The van der Waals surface area contributed by atoms with E-state index in [0.717, 1.165) is 38.3 Å². The van der Waals surface area contributed by atoms with E-state index < -0.39 is 0 Å². The molecule has 2 heterocycles. The second-order valence-electron chi connectivity index (χ2n) is 5.42. The van der Waals surface area contributed by atoms with E-state index >= 15 is 0 Å². The molecule has 1 aromatic heterocycles. The number of hydrogen-bond donors (Lipinski definition) is 2. The highest BCUT2D eigenvalue weighted by atomic mass is 15.3. The Kier molecular flexibility index (Phi) is 4.59. The van der Waals surface area contributed by atoms with E-state index in [4.69, 9.17) is 0 Å². The molecule has 4 heteroatoms. The predicted octanol–water partition coefficient (Wildman–Crippen LogP) is 1.73. The summed E-state index contributed by atoms with van der Waals surface area (Å²) in [7, 11) is 0. The summed E-state index contributed by atoms with van der Waals surface area (Å²) in [6.07, 6.45) is 3.89. The van der Waals surface area contributed by atoms with Gasteiger partial charge in [0.05, 0.1) is 13.1 Å². The van der Waals surface area contributed by atoms with Crippen molar-refractivity contribution in [2.75, 3.05) is 18.5 Å². The molecule has 0 spiro atoms. The number of benzene rings is 1. The van der Waals surface area contributed by atoms with Crippen molar-refractivity contribution < 1.29 is 4.90 Å². The molecule has 1 saturated heterocycles. The molecule has 0 saturated carbocycles. The summed E-state index contributed by atoms with van der Waals surface area (Å²) in [5, 5.41) is 4.49. The molecule has 2 aromatic rings. The summed E-state index contributed by atoms with van der Waals surface area (Å²) in [5.74, 6) is 0.809. The van der Waals surface area contributed by atoms with E-state index in [0.29, 0.717) is 0 Å². The summed E-state index contributed by atoms with van der Waals surface area (Å²) < 4.78 is 0. The van der Waals surface area contributed by atoms with Gasteiger partial charge >= 0.3 is 0 Å². The van der Waals surface area contributed by atoms with E-state index in [1.165, 1.54) is 11.3 Å². The lowest BCUT2D eigenvalue weighted by atomic mass is 10.1. The Morgan fingerprint density at radius 1 is 1.00 bits per heavy atom. The van der Waals surface area contributed by atoms with Gasteiger partial charge in [-0.1, -0.05) is 36.4 Å². The molecule has 3 rings (SSSR count). The van der Waals surface area contributed by atoms with Crippen molar-refractivity contribution >= 4 is 11.5 Å². The average Bonchev–Trinajstić information content (AvgIpc) is 2.56. The Hall–Kier alpha value is -2.20. The molecule has 0 aliphatic carbocycles. The first kappa shape index (κ1) is 13.8. The third-order valence-corrected chi connectivity index (χ3v) is 3.82. The van der Waals surface area contributed by atoms with Crippen LogP contribution in [0, 0.1) is 0 Å². The minimum absolute atomic E-state index is 0.809. The molecule has 4 nitrogen and oxygen atoms in total. The van der Waals surface area contributed by atoms with E-state index in [1.54, 1.807) is 11.1 Å². The SMILES string of the molecule is c1ccc(C[NH+]2CCC(=NNc3ccccn3)CC2)cc1. The molecule has 0 radical (unpaired) electrons. The minimum Gasteiger partial charge on any atom is -0.331 e. The Labute approximate surface area is 125 Å². The molecule has 0 amide bonds. The van der Waals surface area contributed by atoms with Crippen LogP contribution in [0.2, 0.25) is 0 Å². The van der Waals surface area contributed by atoms with Crippen molar-refractivity contribution in [3.8, 4) is 0 Å². The van der Waals surface area contributed by atoms with E-state index in [9.17, 15) is 0 Å². The summed E-state index contributed by atoms with van der Waals surface area (Å²) in [5.41, 5.74) is 5.71. The van der Waals surface area contributed by atoms with Gasteiger partial charge in [-0.2, -0.15) is 5.10 Å². The maximum absolute atomic E-state index is 4.49. The van der Waals surface area contributed by atoms with Crippen LogP contribution in [0.4, 0.5) is 5.82 Å². The second-order valence-corrected chi connectivity index (χ2v) is 5.42. The lowest BCUT2D eigenvalue weighted by molar-refractivity contribution is -0.914. The highest BCUT2D eigenvalue weighted by molar-refractivity contribution is 5.85. The van der Waals surface area contributed by atoms with Crippen LogP contribution in [0.3, 0.4) is 0 Å². The highest BCUT2D eigenvalue weighted by Crippen LogP contribution is 2.03. The number of nitrogens with one attached hydrogen (secondary N) is 2. The second kappa shape index (κ2) is 6.99. The van der Waals surface area contributed by atoms with Gasteiger partial charge in [-0.3, -0.25) is 5.43 Å². The maximum Gasteiger partial charge on any atom is 0.146 e. The molecular weight excluding hydrogens is 260 g/mol. The van der Waals surface area contributed by atoms with Crippen molar-refractivity contribution in [1.82, 2.24) is 4.98 Å². The van der Waals surface area contributed by atoms with Crippen LogP contribution in [-0.2, 0) is 6.54 Å². The van der Waals surface area contributed by atoms with E-state index in [2.05, 4.69) is 45.8 Å². The monoisotopic (exact) mass is 281 g/mol. The number of rotatable bonds is 4. The van der Waals surface area contributed by atoms with Crippen molar-refractivity contribution in [3.05, 3.63) is 60.3 Å². The van der Waals surface area contributed by atoms with Crippen molar-refractivity contribution in [1.29, 1.82) is 0 Å². The minimum atomic E-state index is 0.809. The normalized spacial score (nSPS) is 18.3. The zero-order valence-corrected chi connectivity index (χ0v) is 12.1. The fourth-order valence-electron chi connectivity index (χ4n) is 2.63. The number of pyridine rings is 1. The topological polar surface area (TPSA) is 41.7 Å². The van der Waals surface area contributed by atoms with Gasteiger partial charge in [0.25, 0.3) is 0 Å². The standard InChI is InChI=1S/C17H20N4/c1-2-6-15(7-3-1)14-21-12-9-16(10-13-21)19-20-17-8-4-5-11-18-17/h1-8,11H,9-10,12-14H2,(H,18,20)/p+1. The first-order valence-electron chi connectivity index (χ1n) is 7.50. The molecule has 0 bridgehead atoms. The zero-order chi connectivity index (χ0) is 14.3. The quantitative estimate of drug-likeness (QED) is 0.838. The average molecular weight is 281 g/mol. The summed E-state index contributed by atoms with van der Waals surface area (Å²) >= 11 is 0. The number of hydrazone groups is 1. The molecule has 1 aromatic carbocycles. The molecular formula is C17H21N4+. The first-order valence-corrected chi connectivity index (χ1v) is 7.50. The third-order valence-electron chi connectivity index (χ3n) is 3.82.